The lowest BCUT2D eigenvalue weighted by atomic mass is 9.96. The van der Waals surface area contributed by atoms with E-state index in [0.717, 1.165) is 6.07 Å². The molecule has 1 aliphatic heterocycles. The predicted molar refractivity (Wildman–Crippen MR) is 73.3 cm³/mol. The number of phenolic OH excluding ortho intramolecular Hbond substituents is 1. The molecule has 114 valence electrons. The van der Waals surface area contributed by atoms with E-state index in [1.807, 2.05) is 0 Å². The first-order chi connectivity index (χ1) is 10.0. The third-order valence-electron chi connectivity index (χ3n) is 3.59. The summed E-state index contributed by atoms with van der Waals surface area (Å²) in [6.07, 6.45) is 1.04. The van der Waals surface area contributed by atoms with Crippen LogP contribution >= 0.6 is 0 Å². The second-order valence-electron chi connectivity index (χ2n) is 4.98. The van der Waals surface area contributed by atoms with Crippen molar-refractivity contribution < 1.29 is 23.8 Å². The van der Waals surface area contributed by atoms with Crippen LogP contribution in [0.15, 0.2) is 18.2 Å². The maximum absolute atomic E-state index is 13.7. The molecule has 0 aliphatic carbocycles. The smallest absolute Gasteiger partial charge is 0.309 e. The minimum atomic E-state index is -0.743. The maximum atomic E-state index is 13.7. The van der Waals surface area contributed by atoms with Crippen molar-refractivity contribution in [1.82, 2.24) is 4.90 Å². The zero-order valence-corrected chi connectivity index (χ0v) is 11.8. The predicted octanol–water partition coefficient (Wildman–Crippen LogP) is 1.95. The number of nitrogens with zero attached hydrogens (tertiary/aromatic N) is 1. The van der Waals surface area contributed by atoms with E-state index in [4.69, 9.17) is 9.84 Å². The highest BCUT2D eigenvalue weighted by molar-refractivity contribution is 5.94. The summed E-state index contributed by atoms with van der Waals surface area (Å²) in [4.78, 5) is 25.4. The monoisotopic (exact) mass is 295 g/mol. The van der Waals surface area contributed by atoms with E-state index in [1.165, 1.54) is 17.0 Å². The fraction of sp³-hybridized carbons (Fsp3) is 0.467. The van der Waals surface area contributed by atoms with Crippen LogP contribution in [0.25, 0.3) is 0 Å². The second kappa shape index (κ2) is 6.56. The lowest BCUT2D eigenvalue weighted by Gasteiger charge is -2.31. The molecule has 2 rings (SSSR count). The van der Waals surface area contributed by atoms with Gasteiger partial charge in [0.25, 0.3) is 5.91 Å². The molecule has 5 nitrogen and oxygen atoms in total. The first-order valence-corrected chi connectivity index (χ1v) is 6.97. The Morgan fingerprint density at radius 3 is 2.62 bits per heavy atom. The van der Waals surface area contributed by atoms with E-state index in [9.17, 15) is 14.0 Å². The molecular weight excluding hydrogens is 277 g/mol. The molecule has 1 amide bonds. The maximum Gasteiger partial charge on any atom is 0.309 e. The Balaban J connectivity index is 1.98. The van der Waals surface area contributed by atoms with Gasteiger partial charge in [-0.25, -0.2) is 4.39 Å². The number of hydrogen-bond acceptors (Lipinski definition) is 4. The molecule has 0 saturated carbocycles. The van der Waals surface area contributed by atoms with Gasteiger partial charge in [-0.3, -0.25) is 9.59 Å². The van der Waals surface area contributed by atoms with E-state index < -0.39 is 11.7 Å². The molecule has 1 aliphatic rings. The molecule has 1 heterocycles. The molecule has 21 heavy (non-hydrogen) atoms. The summed E-state index contributed by atoms with van der Waals surface area (Å²) < 4.78 is 18.6. The van der Waals surface area contributed by atoms with E-state index >= 15 is 0 Å². The van der Waals surface area contributed by atoms with Crippen molar-refractivity contribution in [3.05, 3.63) is 29.6 Å². The number of rotatable bonds is 3. The Morgan fingerprint density at radius 1 is 1.38 bits per heavy atom. The fourth-order valence-electron chi connectivity index (χ4n) is 2.43. The summed E-state index contributed by atoms with van der Waals surface area (Å²) in [7, 11) is 0. The molecule has 1 N–H and O–H groups in total. The zero-order chi connectivity index (χ0) is 15.4. The number of esters is 1. The molecule has 0 aromatic heterocycles. The number of hydrogen-bond donors (Lipinski definition) is 1. The van der Waals surface area contributed by atoms with E-state index in [-0.39, 0.29) is 23.2 Å². The van der Waals surface area contributed by atoms with Crippen molar-refractivity contribution in [2.75, 3.05) is 19.7 Å². The van der Waals surface area contributed by atoms with Crippen LogP contribution in [0.1, 0.15) is 30.1 Å². The number of benzene rings is 1. The van der Waals surface area contributed by atoms with Crippen molar-refractivity contribution in [3.63, 3.8) is 0 Å². The molecule has 1 saturated heterocycles. The van der Waals surface area contributed by atoms with Gasteiger partial charge in [0.1, 0.15) is 11.6 Å². The van der Waals surface area contributed by atoms with Crippen molar-refractivity contribution in [2.24, 2.45) is 5.92 Å². The summed E-state index contributed by atoms with van der Waals surface area (Å²) in [6.45, 7) is 2.88. The van der Waals surface area contributed by atoms with Crippen molar-refractivity contribution in [2.45, 2.75) is 19.8 Å². The number of aromatic hydroxyl groups is 1. The van der Waals surface area contributed by atoms with Crippen LogP contribution in [-0.2, 0) is 9.53 Å². The summed E-state index contributed by atoms with van der Waals surface area (Å²) in [5.41, 5.74) is -0.0672. The van der Waals surface area contributed by atoms with E-state index in [2.05, 4.69) is 0 Å². The average molecular weight is 295 g/mol. The van der Waals surface area contributed by atoms with Gasteiger partial charge >= 0.3 is 5.97 Å². The summed E-state index contributed by atoms with van der Waals surface area (Å²) in [5, 5.41) is 9.16. The third-order valence-corrected chi connectivity index (χ3v) is 3.59. The number of piperidine rings is 1. The zero-order valence-electron chi connectivity index (χ0n) is 11.8. The lowest BCUT2D eigenvalue weighted by molar-refractivity contribution is -0.149. The largest absolute Gasteiger partial charge is 0.508 e. The van der Waals surface area contributed by atoms with Crippen LogP contribution in [-0.4, -0.2) is 41.6 Å². The number of amides is 1. The first kappa shape index (κ1) is 15.3. The Kier molecular flexibility index (Phi) is 4.77. The Bertz CT molecular complexity index is 538. The summed E-state index contributed by atoms with van der Waals surface area (Å²) in [5.74, 6) is -1.81. The molecule has 1 fully saturated rings. The number of halogens is 1. The Morgan fingerprint density at radius 2 is 2.05 bits per heavy atom. The van der Waals surface area contributed by atoms with Gasteiger partial charge in [0.15, 0.2) is 0 Å². The minimum Gasteiger partial charge on any atom is -0.508 e. The Hall–Kier alpha value is -2.11. The van der Waals surface area contributed by atoms with Crippen LogP contribution in [0.4, 0.5) is 4.39 Å². The standard InChI is InChI=1S/C15H18FNO4/c1-2-21-15(20)10-5-7-17(8-6-10)14(19)12-4-3-11(18)9-13(12)16/h3-4,9-10,18H,2,5-8H2,1H3. The molecule has 0 bridgehead atoms. The van der Waals surface area contributed by atoms with Crippen molar-refractivity contribution in [3.8, 4) is 5.75 Å². The first-order valence-electron chi connectivity index (χ1n) is 6.97. The van der Waals surface area contributed by atoms with Crippen LogP contribution in [0.5, 0.6) is 5.75 Å². The topological polar surface area (TPSA) is 66.8 Å². The molecule has 1 aromatic rings. The van der Waals surface area contributed by atoms with Crippen LogP contribution < -0.4 is 0 Å². The third kappa shape index (κ3) is 3.51. The molecule has 0 atom stereocenters. The summed E-state index contributed by atoms with van der Waals surface area (Å²) in [6, 6.07) is 3.46. The van der Waals surface area contributed by atoms with Gasteiger partial charge in [0.2, 0.25) is 0 Å². The normalized spacial score (nSPS) is 15.8. The average Bonchev–Trinajstić information content (AvgIpc) is 2.47. The molecule has 0 spiro atoms. The highest BCUT2D eigenvalue weighted by Gasteiger charge is 2.29. The van der Waals surface area contributed by atoms with Gasteiger partial charge in [-0.2, -0.15) is 0 Å². The summed E-state index contributed by atoms with van der Waals surface area (Å²) >= 11 is 0. The Labute approximate surface area is 122 Å². The number of likely N-dealkylation sites (tertiary alicyclic amines) is 1. The van der Waals surface area contributed by atoms with Gasteiger partial charge < -0.3 is 14.7 Å². The van der Waals surface area contributed by atoms with Crippen molar-refractivity contribution in [1.29, 1.82) is 0 Å². The van der Waals surface area contributed by atoms with Gasteiger partial charge in [0.05, 0.1) is 18.1 Å². The van der Waals surface area contributed by atoms with Crippen LogP contribution in [0.3, 0.4) is 0 Å². The van der Waals surface area contributed by atoms with Gasteiger partial charge in [-0.15, -0.1) is 0 Å². The lowest BCUT2D eigenvalue weighted by Crippen LogP contribution is -2.41. The van der Waals surface area contributed by atoms with E-state index in [1.54, 1.807) is 6.92 Å². The number of carbonyl (C=O) groups is 2. The molecule has 0 unspecified atom stereocenters. The highest BCUT2D eigenvalue weighted by Crippen LogP contribution is 2.22. The molecule has 6 heteroatoms. The van der Waals surface area contributed by atoms with Crippen LogP contribution in [0, 0.1) is 11.7 Å². The quantitative estimate of drug-likeness (QED) is 0.865. The van der Waals surface area contributed by atoms with Gasteiger partial charge in [-0.1, -0.05) is 0 Å². The number of ether oxygens (including phenoxy) is 1. The van der Waals surface area contributed by atoms with Gasteiger partial charge in [-0.05, 0) is 31.9 Å². The second-order valence-corrected chi connectivity index (χ2v) is 4.98. The van der Waals surface area contributed by atoms with Crippen molar-refractivity contribution >= 4 is 11.9 Å². The molecule has 0 radical (unpaired) electrons. The molecule has 1 aromatic carbocycles. The fourth-order valence-corrected chi connectivity index (χ4v) is 2.43. The van der Waals surface area contributed by atoms with E-state index in [0.29, 0.717) is 32.5 Å². The highest BCUT2D eigenvalue weighted by atomic mass is 19.1. The number of phenols is 1. The van der Waals surface area contributed by atoms with Crippen LogP contribution in [0.2, 0.25) is 0 Å². The number of carbonyl (C=O) groups excluding carboxylic acids is 2. The van der Waals surface area contributed by atoms with Gasteiger partial charge in [0, 0.05) is 19.2 Å². The molecular formula is C15H18FNO4. The minimum absolute atomic E-state index is 0.0672. The SMILES string of the molecule is CCOC(=O)C1CCN(C(=O)c2ccc(O)cc2F)CC1.